The monoisotopic (exact) mass is 235 g/mol. The maximum atomic E-state index is 5.87. The van der Waals surface area contributed by atoms with Gasteiger partial charge >= 0.3 is 0 Å². The number of nitrogens with zero attached hydrogens (tertiary/aromatic N) is 2. The third-order valence-electron chi connectivity index (χ3n) is 2.53. The predicted octanol–water partition coefficient (Wildman–Crippen LogP) is 1.74. The van der Waals surface area contributed by atoms with Crippen LogP contribution in [0.3, 0.4) is 0 Å². The summed E-state index contributed by atoms with van der Waals surface area (Å²) in [7, 11) is 1.69. The van der Waals surface area contributed by atoms with Crippen LogP contribution in [0.15, 0.2) is 31.0 Å². The Balaban J connectivity index is 2.84. The summed E-state index contributed by atoms with van der Waals surface area (Å²) in [5.74, 6) is 0.914. The van der Waals surface area contributed by atoms with E-state index < -0.39 is 0 Å². The number of hydrogen-bond acceptors (Lipinski definition) is 4. The molecule has 4 heteroatoms. The molecule has 1 aromatic rings. The van der Waals surface area contributed by atoms with E-state index in [2.05, 4.69) is 16.5 Å². The van der Waals surface area contributed by atoms with E-state index in [4.69, 9.17) is 10.5 Å². The summed E-state index contributed by atoms with van der Waals surface area (Å²) in [6.07, 6.45) is 3.65. The number of anilines is 1. The molecule has 1 unspecified atom stereocenters. The van der Waals surface area contributed by atoms with E-state index >= 15 is 0 Å². The first-order chi connectivity index (χ1) is 8.19. The first-order valence-electron chi connectivity index (χ1n) is 5.75. The van der Waals surface area contributed by atoms with Crippen LogP contribution in [-0.2, 0) is 4.74 Å². The van der Waals surface area contributed by atoms with E-state index in [1.807, 2.05) is 25.1 Å². The maximum Gasteiger partial charge on any atom is 0.129 e. The molecule has 0 aliphatic rings. The minimum absolute atomic E-state index is 0.0183. The third-order valence-corrected chi connectivity index (χ3v) is 2.53. The van der Waals surface area contributed by atoms with Crippen molar-refractivity contribution in [3.63, 3.8) is 0 Å². The molecule has 1 rings (SSSR count). The summed E-state index contributed by atoms with van der Waals surface area (Å²) in [6, 6.07) is 3.98. The summed E-state index contributed by atoms with van der Waals surface area (Å²) in [6.45, 7) is 7.92. The van der Waals surface area contributed by atoms with Gasteiger partial charge in [-0.25, -0.2) is 4.98 Å². The van der Waals surface area contributed by atoms with Gasteiger partial charge in [0.25, 0.3) is 0 Å². The van der Waals surface area contributed by atoms with Crippen LogP contribution in [-0.4, -0.2) is 31.8 Å². The molecule has 17 heavy (non-hydrogen) atoms. The van der Waals surface area contributed by atoms with Crippen molar-refractivity contribution < 1.29 is 4.74 Å². The van der Waals surface area contributed by atoms with E-state index in [1.165, 1.54) is 0 Å². The van der Waals surface area contributed by atoms with Crippen LogP contribution in [0.25, 0.3) is 0 Å². The quantitative estimate of drug-likeness (QED) is 0.731. The molecule has 0 amide bonds. The van der Waals surface area contributed by atoms with Crippen LogP contribution in [0.5, 0.6) is 0 Å². The first-order valence-corrected chi connectivity index (χ1v) is 5.75. The average Bonchev–Trinajstić information content (AvgIpc) is 2.34. The molecule has 0 aliphatic heterocycles. The number of rotatable bonds is 7. The standard InChI is InChI=1S/C13H21N3O/c1-4-7-16(8-9-17-3)13-10-12(11(2)14)5-6-15-13/h4-6,10-11H,1,7-9,14H2,2-3H3. The van der Waals surface area contributed by atoms with Crippen molar-refractivity contribution >= 4 is 5.82 Å². The summed E-state index contributed by atoms with van der Waals surface area (Å²) >= 11 is 0. The lowest BCUT2D eigenvalue weighted by molar-refractivity contribution is 0.205. The van der Waals surface area contributed by atoms with Crippen LogP contribution in [0.2, 0.25) is 0 Å². The molecule has 94 valence electrons. The molecule has 4 nitrogen and oxygen atoms in total. The minimum atomic E-state index is 0.0183. The molecule has 1 atom stereocenters. The Morgan fingerprint density at radius 2 is 2.41 bits per heavy atom. The Morgan fingerprint density at radius 1 is 1.65 bits per heavy atom. The molecular formula is C13H21N3O. The van der Waals surface area contributed by atoms with Crippen molar-refractivity contribution in [1.82, 2.24) is 4.98 Å². The van der Waals surface area contributed by atoms with Crippen molar-refractivity contribution in [2.45, 2.75) is 13.0 Å². The lowest BCUT2D eigenvalue weighted by atomic mass is 10.1. The highest BCUT2D eigenvalue weighted by molar-refractivity contribution is 5.42. The molecule has 0 aromatic carbocycles. The minimum Gasteiger partial charge on any atom is -0.383 e. The second kappa shape index (κ2) is 7.04. The Labute approximate surface area is 103 Å². The van der Waals surface area contributed by atoms with E-state index in [0.717, 1.165) is 24.5 Å². The molecule has 0 fully saturated rings. The average molecular weight is 235 g/mol. The van der Waals surface area contributed by atoms with Crippen LogP contribution in [0, 0.1) is 0 Å². The zero-order valence-corrected chi connectivity index (χ0v) is 10.6. The van der Waals surface area contributed by atoms with Gasteiger partial charge in [-0.05, 0) is 24.6 Å². The topological polar surface area (TPSA) is 51.4 Å². The number of nitrogens with two attached hydrogens (primary N) is 1. The highest BCUT2D eigenvalue weighted by atomic mass is 16.5. The Bertz CT molecular complexity index is 352. The van der Waals surface area contributed by atoms with Crippen molar-refractivity contribution in [3.05, 3.63) is 36.5 Å². The van der Waals surface area contributed by atoms with Gasteiger partial charge in [0.05, 0.1) is 6.61 Å². The van der Waals surface area contributed by atoms with Crippen molar-refractivity contribution in [2.24, 2.45) is 5.73 Å². The molecule has 0 saturated carbocycles. The summed E-state index contributed by atoms with van der Waals surface area (Å²) < 4.78 is 5.09. The molecule has 1 heterocycles. The van der Waals surface area contributed by atoms with Gasteiger partial charge < -0.3 is 15.4 Å². The maximum absolute atomic E-state index is 5.87. The van der Waals surface area contributed by atoms with Gasteiger partial charge in [-0.1, -0.05) is 6.08 Å². The normalized spacial score (nSPS) is 12.2. The van der Waals surface area contributed by atoms with Gasteiger partial charge in [0.2, 0.25) is 0 Å². The Morgan fingerprint density at radius 3 is 3.00 bits per heavy atom. The number of methoxy groups -OCH3 is 1. The van der Waals surface area contributed by atoms with Gasteiger partial charge in [0.15, 0.2) is 0 Å². The molecular weight excluding hydrogens is 214 g/mol. The van der Waals surface area contributed by atoms with Gasteiger partial charge in [-0.2, -0.15) is 0 Å². The fourth-order valence-electron chi connectivity index (χ4n) is 1.55. The number of pyridine rings is 1. The SMILES string of the molecule is C=CCN(CCOC)c1cc(C(C)N)ccn1. The van der Waals surface area contributed by atoms with Crippen LogP contribution in [0.4, 0.5) is 5.82 Å². The second-order valence-electron chi connectivity index (χ2n) is 3.96. The molecule has 0 spiro atoms. The first kappa shape index (κ1) is 13.7. The Hall–Kier alpha value is -1.39. The number of aromatic nitrogens is 1. The van der Waals surface area contributed by atoms with Crippen molar-refractivity contribution in [2.75, 3.05) is 31.7 Å². The summed E-state index contributed by atoms with van der Waals surface area (Å²) in [5.41, 5.74) is 6.95. The third kappa shape index (κ3) is 4.17. The number of ether oxygens (including phenoxy) is 1. The lowest BCUT2D eigenvalue weighted by Gasteiger charge is -2.22. The van der Waals surface area contributed by atoms with Gasteiger partial charge in [0.1, 0.15) is 5.82 Å². The highest BCUT2D eigenvalue weighted by Gasteiger charge is 2.08. The smallest absolute Gasteiger partial charge is 0.129 e. The molecule has 0 saturated heterocycles. The molecule has 1 aromatic heterocycles. The second-order valence-corrected chi connectivity index (χ2v) is 3.96. The van der Waals surface area contributed by atoms with Crippen LogP contribution >= 0.6 is 0 Å². The lowest BCUT2D eigenvalue weighted by Crippen LogP contribution is -2.28. The van der Waals surface area contributed by atoms with Crippen molar-refractivity contribution in [1.29, 1.82) is 0 Å². The molecule has 2 N–H and O–H groups in total. The van der Waals surface area contributed by atoms with Crippen molar-refractivity contribution in [3.8, 4) is 0 Å². The van der Waals surface area contributed by atoms with Gasteiger partial charge in [-0.15, -0.1) is 6.58 Å². The van der Waals surface area contributed by atoms with Crippen LogP contribution in [0.1, 0.15) is 18.5 Å². The highest BCUT2D eigenvalue weighted by Crippen LogP contribution is 2.16. The summed E-state index contributed by atoms with van der Waals surface area (Å²) in [5, 5.41) is 0. The number of hydrogen-bond donors (Lipinski definition) is 1. The zero-order chi connectivity index (χ0) is 12.7. The van der Waals surface area contributed by atoms with Crippen LogP contribution < -0.4 is 10.6 Å². The fourth-order valence-corrected chi connectivity index (χ4v) is 1.55. The van der Waals surface area contributed by atoms with Gasteiger partial charge in [-0.3, -0.25) is 0 Å². The summed E-state index contributed by atoms with van der Waals surface area (Å²) in [4.78, 5) is 6.47. The van der Waals surface area contributed by atoms with E-state index in [9.17, 15) is 0 Å². The zero-order valence-electron chi connectivity index (χ0n) is 10.6. The largest absolute Gasteiger partial charge is 0.383 e. The fraction of sp³-hybridized carbons (Fsp3) is 0.462. The molecule has 0 bridgehead atoms. The Kier molecular flexibility index (Phi) is 5.66. The van der Waals surface area contributed by atoms with Gasteiger partial charge in [0, 0.05) is 32.4 Å². The molecule has 0 aliphatic carbocycles. The predicted molar refractivity (Wildman–Crippen MR) is 71.1 cm³/mol. The van der Waals surface area contributed by atoms with E-state index in [1.54, 1.807) is 13.3 Å². The van der Waals surface area contributed by atoms with E-state index in [-0.39, 0.29) is 6.04 Å². The van der Waals surface area contributed by atoms with E-state index in [0.29, 0.717) is 6.61 Å². The molecule has 0 radical (unpaired) electrons.